The summed E-state index contributed by atoms with van der Waals surface area (Å²) in [5.74, 6) is 0. The maximum Gasteiger partial charge on any atom is 0.143 e. The molecule has 12 rings (SSSR count). The van der Waals surface area contributed by atoms with Crippen molar-refractivity contribution in [1.29, 1.82) is 0 Å². The molecule has 1 heterocycles. The average molecular weight is 842 g/mol. The van der Waals surface area contributed by atoms with Gasteiger partial charge < -0.3 is 9.32 Å². The van der Waals surface area contributed by atoms with Crippen LogP contribution in [0, 0.1) is 0 Å². The Morgan fingerprint density at radius 3 is 1.47 bits per heavy atom. The van der Waals surface area contributed by atoms with Crippen LogP contribution in [0.15, 0.2) is 265 Å². The molecule has 0 amide bonds. The Hall–Kier alpha value is -8.72. The van der Waals surface area contributed by atoms with Crippen LogP contribution in [0.2, 0.25) is 0 Å². The first-order chi connectivity index (χ1) is 32.7. The Labute approximate surface area is 384 Å². The maximum absolute atomic E-state index is 6.59. The average Bonchev–Trinajstić information content (AvgIpc) is 3.78. The van der Waals surface area contributed by atoms with Gasteiger partial charge in [-0.1, -0.05) is 224 Å². The zero-order chi connectivity index (χ0) is 43.8. The highest BCUT2D eigenvalue weighted by Crippen LogP contribution is 2.47. The first kappa shape index (κ1) is 38.9. The van der Waals surface area contributed by atoms with E-state index in [1.165, 1.54) is 49.7 Å². The lowest BCUT2D eigenvalue weighted by molar-refractivity contribution is 0.670. The van der Waals surface area contributed by atoms with Crippen LogP contribution >= 0.6 is 0 Å². The van der Waals surface area contributed by atoms with Crippen LogP contribution in [-0.4, -0.2) is 0 Å². The number of anilines is 3. The molecule has 11 aromatic carbocycles. The van der Waals surface area contributed by atoms with Gasteiger partial charge in [0.1, 0.15) is 11.2 Å². The van der Waals surface area contributed by atoms with Gasteiger partial charge in [0, 0.05) is 33.3 Å². The summed E-state index contributed by atoms with van der Waals surface area (Å²) in [6.45, 7) is 0. The highest BCUT2D eigenvalue weighted by Gasteiger charge is 2.22. The molecule has 0 aliphatic carbocycles. The van der Waals surface area contributed by atoms with E-state index in [1.54, 1.807) is 0 Å². The van der Waals surface area contributed by atoms with Crippen molar-refractivity contribution in [3.05, 3.63) is 261 Å². The fourth-order valence-electron chi connectivity index (χ4n) is 9.80. The Balaban J connectivity index is 1.03. The van der Waals surface area contributed by atoms with Crippen molar-refractivity contribution in [2.45, 2.75) is 0 Å². The minimum Gasteiger partial charge on any atom is -0.455 e. The second-order valence-electron chi connectivity index (χ2n) is 16.8. The molecule has 0 saturated heterocycles. The second-order valence-corrected chi connectivity index (χ2v) is 16.8. The largest absolute Gasteiger partial charge is 0.455 e. The van der Waals surface area contributed by atoms with Gasteiger partial charge in [-0.25, -0.2) is 0 Å². The van der Waals surface area contributed by atoms with Gasteiger partial charge in [-0.15, -0.1) is 0 Å². The summed E-state index contributed by atoms with van der Waals surface area (Å²) in [5, 5.41) is 4.68. The Bertz CT molecular complexity index is 3710. The van der Waals surface area contributed by atoms with E-state index < -0.39 is 0 Å². The van der Waals surface area contributed by atoms with E-state index in [2.05, 4.69) is 260 Å². The lowest BCUT2D eigenvalue weighted by Crippen LogP contribution is -2.11. The summed E-state index contributed by atoms with van der Waals surface area (Å²) in [4.78, 5) is 2.43. The maximum atomic E-state index is 6.59. The molecule has 0 fully saturated rings. The highest BCUT2D eigenvalue weighted by atomic mass is 16.3. The van der Waals surface area contributed by atoms with E-state index in [0.29, 0.717) is 0 Å². The monoisotopic (exact) mass is 841 g/mol. The molecule has 0 unspecified atom stereocenters. The minimum atomic E-state index is 0.890. The Kier molecular flexibility index (Phi) is 9.89. The predicted molar refractivity (Wildman–Crippen MR) is 279 cm³/mol. The van der Waals surface area contributed by atoms with Crippen molar-refractivity contribution in [1.82, 2.24) is 0 Å². The van der Waals surface area contributed by atoms with Gasteiger partial charge in [-0.05, 0) is 103 Å². The molecule has 0 spiro atoms. The number of para-hydroxylation sites is 3. The molecule has 12 aromatic rings. The molecule has 0 bridgehead atoms. The first-order valence-electron chi connectivity index (χ1n) is 22.6. The van der Waals surface area contributed by atoms with Crippen molar-refractivity contribution < 1.29 is 4.42 Å². The molecule has 0 aliphatic heterocycles. The van der Waals surface area contributed by atoms with Crippen molar-refractivity contribution in [2.75, 3.05) is 4.90 Å². The first-order valence-corrected chi connectivity index (χ1v) is 22.6. The molecule has 0 aliphatic rings. The minimum absolute atomic E-state index is 0.890. The molecule has 310 valence electrons. The van der Waals surface area contributed by atoms with E-state index in [9.17, 15) is 0 Å². The fourth-order valence-corrected chi connectivity index (χ4v) is 9.80. The highest BCUT2D eigenvalue weighted by molar-refractivity contribution is 6.10. The van der Waals surface area contributed by atoms with Gasteiger partial charge in [-0.2, -0.15) is 0 Å². The third kappa shape index (κ3) is 7.02. The number of hydrogen-bond donors (Lipinski definition) is 0. The van der Waals surface area contributed by atoms with E-state index in [-0.39, 0.29) is 0 Å². The number of hydrogen-bond acceptors (Lipinski definition) is 2. The fraction of sp³-hybridized carbons (Fsp3) is 0. The molecule has 0 atom stereocenters. The molecular weight excluding hydrogens is 799 g/mol. The van der Waals surface area contributed by atoms with Gasteiger partial charge in [0.15, 0.2) is 0 Å². The van der Waals surface area contributed by atoms with Gasteiger partial charge in [-0.3, -0.25) is 0 Å². The van der Waals surface area contributed by atoms with E-state index in [1.807, 2.05) is 6.07 Å². The molecule has 0 radical (unpaired) electrons. The van der Waals surface area contributed by atoms with Crippen LogP contribution < -0.4 is 4.90 Å². The Morgan fingerprint density at radius 1 is 0.258 bits per heavy atom. The van der Waals surface area contributed by atoms with Crippen LogP contribution in [0.25, 0.3) is 99.5 Å². The van der Waals surface area contributed by atoms with Gasteiger partial charge >= 0.3 is 0 Å². The summed E-state index contributed by atoms with van der Waals surface area (Å²) < 4.78 is 6.59. The summed E-state index contributed by atoms with van der Waals surface area (Å²) >= 11 is 0. The van der Waals surface area contributed by atoms with Crippen molar-refractivity contribution in [2.24, 2.45) is 0 Å². The zero-order valence-corrected chi connectivity index (χ0v) is 36.2. The molecular formula is C64H43NO. The molecule has 0 saturated carbocycles. The lowest BCUT2D eigenvalue weighted by Gasteiger charge is -2.29. The zero-order valence-electron chi connectivity index (χ0n) is 36.2. The molecule has 2 heteroatoms. The van der Waals surface area contributed by atoms with Crippen molar-refractivity contribution in [3.8, 4) is 66.8 Å². The lowest BCUT2D eigenvalue weighted by atomic mass is 9.88. The van der Waals surface area contributed by atoms with Crippen LogP contribution in [0.5, 0.6) is 0 Å². The van der Waals surface area contributed by atoms with Crippen LogP contribution in [0.4, 0.5) is 17.1 Å². The molecule has 0 N–H and O–H groups in total. The van der Waals surface area contributed by atoms with Crippen LogP contribution in [0.1, 0.15) is 0 Å². The van der Waals surface area contributed by atoms with Crippen molar-refractivity contribution >= 4 is 49.8 Å². The molecule has 66 heavy (non-hydrogen) atoms. The third-order valence-corrected chi connectivity index (χ3v) is 12.9. The van der Waals surface area contributed by atoms with Gasteiger partial charge in [0.25, 0.3) is 0 Å². The predicted octanol–water partition coefficient (Wildman–Crippen LogP) is 18.2. The second kappa shape index (κ2) is 16.8. The van der Waals surface area contributed by atoms with Crippen LogP contribution in [0.3, 0.4) is 0 Å². The Morgan fingerprint density at radius 2 is 0.712 bits per heavy atom. The smallest absolute Gasteiger partial charge is 0.143 e. The van der Waals surface area contributed by atoms with Crippen molar-refractivity contribution in [3.63, 3.8) is 0 Å². The number of fused-ring (bicyclic) bond motifs is 4. The van der Waals surface area contributed by atoms with Crippen LogP contribution in [-0.2, 0) is 0 Å². The summed E-state index contributed by atoms with van der Waals surface area (Å²) in [5.41, 5.74) is 18.9. The normalized spacial score (nSPS) is 11.3. The molecule has 2 nitrogen and oxygen atoms in total. The quantitative estimate of drug-likeness (QED) is 0.144. The van der Waals surface area contributed by atoms with Gasteiger partial charge in [0.2, 0.25) is 0 Å². The summed E-state index contributed by atoms with van der Waals surface area (Å²) in [6, 6.07) is 93.9. The van der Waals surface area contributed by atoms with E-state index >= 15 is 0 Å². The van der Waals surface area contributed by atoms with E-state index in [0.717, 1.165) is 66.8 Å². The summed E-state index contributed by atoms with van der Waals surface area (Å²) in [6.07, 6.45) is 0. The topological polar surface area (TPSA) is 16.4 Å². The number of nitrogens with zero attached hydrogens (tertiary/aromatic N) is 1. The third-order valence-electron chi connectivity index (χ3n) is 12.9. The number of furan rings is 1. The van der Waals surface area contributed by atoms with E-state index in [4.69, 9.17) is 4.42 Å². The SMILES string of the molecule is c1ccc(-c2ccc(-c3ccccc3-c3ccccc3-c3ccccc3N(c3cccc(-c4cccc5ccccc45)c3)c3cccc(-c4cccc5c4oc4ccccc45)c3)cc2)cc1. The number of benzene rings is 11. The number of rotatable bonds is 9. The summed E-state index contributed by atoms with van der Waals surface area (Å²) in [7, 11) is 0. The standard InChI is InChI=1S/C64H43NO/c1-2-18-44(19-3-1)45-38-40-47(41-39-45)53-27-6-7-28-56(53)57-29-8-9-30-58(57)59-31-10-12-36-62(59)65(50-24-14-22-48(42-50)54-33-16-21-46-20-4-5-26-52(46)54)51-25-15-23-49(43-51)55-34-17-35-61-60-32-11-13-37-63(60)66-64(55)61/h1-43H. The van der Waals surface area contributed by atoms with Gasteiger partial charge in [0.05, 0.1) is 5.69 Å². The molecule has 1 aromatic heterocycles.